The minimum absolute atomic E-state index is 0.269. The summed E-state index contributed by atoms with van der Waals surface area (Å²) >= 11 is 0. The van der Waals surface area contributed by atoms with Crippen LogP contribution in [-0.4, -0.2) is 15.6 Å². The topological polar surface area (TPSA) is 86.9 Å². The quantitative estimate of drug-likeness (QED) is 0.643. The molecule has 0 fully saturated rings. The number of amides is 1. The molecule has 5 heteroatoms. The van der Waals surface area contributed by atoms with Crippen LogP contribution in [0, 0.1) is 6.92 Å². The molecule has 0 aromatic carbocycles. The van der Waals surface area contributed by atoms with Crippen molar-refractivity contribution in [1.29, 1.82) is 0 Å². The number of aryl methyl sites for hydroxylation is 1. The van der Waals surface area contributed by atoms with Gasteiger partial charge in [-0.15, -0.1) is 0 Å². The van der Waals surface area contributed by atoms with Gasteiger partial charge in [-0.05, 0) is 13.3 Å². The Morgan fingerprint density at radius 1 is 1.62 bits per heavy atom. The maximum absolute atomic E-state index is 10.9. The maximum Gasteiger partial charge on any atom is 0.269 e. The van der Waals surface area contributed by atoms with E-state index in [2.05, 4.69) is 4.98 Å². The number of carbonyl (C=O) groups is 1. The Morgan fingerprint density at radius 2 is 2.23 bits per heavy atom. The molecule has 5 nitrogen and oxygen atoms in total. The van der Waals surface area contributed by atoms with E-state index < -0.39 is 5.91 Å². The average Bonchev–Trinajstić information content (AvgIpc) is 2.33. The van der Waals surface area contributed by atoms with Crippen molar-refractivity contribution in [3.63, 3.8) is 0 Å². The lowest BCUT2D eigenvalue weighted by Crippen LogP contribution is -2.16. The molecule has 0 spiro atoms. The first-order valence-electron chi connectivity index (χ1n) is 4.21. The third-order valence-corrected chi connectivity index (χ3v) is 1.93. The van der Waals surface area contributed by atoms with Crippen molar-refractivity contribution in [2.75, 3.05) is 5.84 Å². The summed E-state index contributed by atoms with van der Waals surface area (Å²) in [6.07, 6.45) is 1.69. The Labute approximate surface area is 76.7 Å². The molecule has 0 aliphatic carbocycles. The smallest absolute Gasteiger partial charge is 0.269 e. The van der Waals surface area contributed by atoms with E-state index in [1.807, 2.05) is 6.92 Å². The van der Waals surface area contributed by atoms with Gasteiger partial charge in [0.1, 0.15) is 5.82 Å². The molecular formula is C8H14N4O. The molecule has 0 aliphatic heterocycles. The molecule has 0 bridgehead atoms. The summed E-state index contributed by atoms with van der Waals surface area (Å²) < 4.78 is 1.42. The fraction of sp³-hybridized carbons (Fsp3) is 0.500. The molecule has 1 heterocycles. The molecule has 0 saturated heterocycles. The number of hydrogen-bond acceptors (Lipinski definition) is 3. The summed E-state index contributed by atoms with van der Waals surface area (Å²) in [6, 6.07) is 0. The number of nitrogens with zero attached hydrogens (tertiary/aromatic N) is 2. The standard InChI is InChI=1S/C8H14N4O/c1-3-4-6-11-7(8(9)13)5(2)12(6)10/h3-4,10H2,1-2H3,(H2,9,13). The molecule has 0 atom stereocenters. The molecule has 4 N–H and O–H groups in total. The van der Waals surface area contributed by atoms with Gasteiger partial charge in [0.15, 0.2) is 5.69 Å². The largest absolute Gasteiger partial charge is 0.364 e. The second-order valence-electron chi connectivity index (χ2n) is 2.95. The van der Waals surface area contributed by atoms with E-state index >= 15 is 0 Å². The van der Waals surface area contributed by atoms with Gasteiger partial charge in [-0.2, -0.15) is 0 Å². The molecule has 0 saturated carbocycles. The van der Waals surface area contributed by atoms with Crippen LogP contribution in [0.3, 0.4) is 0 Å². The molecule has 1 aromatic heterocycles. The van der Waals surface area contributed by atoms with Gasteiger partial charge < -0.3 is 11.6 Å². The predicted molar refractivity (Wildman–Crippen MR) is 49.6 cm³/mol. The Kier molecular flexibility index (Phi) is 2.55. The lowest BCUT2D eigenvalue weighted by atomic mass is 10.3. The molecule has 0 unspecified atom stereocenters. The highest BCUT2D eigenvalue weighted by molar-refractivity contribution is 5.92. The van der Waals surface area contributed by atoms with Gasteiger partial charge in [-0.25, -0.2) is 4.98 Å². The minimum Gasteiger partial charge on any atom is -0.364 e. The number of hydrogen-bond donors (Lipinski definition) is 2. The van der Waals surface area contributed by atoms with E-state index in [1.165, 1.54) is 4.68 Å². The second-order valence-corrected chi connectivity index (χ2v) is 2.95. The normalized spacial score (nSPS) is 10.3. The lowest BCUT2D eigenvalue weighted by Gasteiger charge is -1.99. The zero-order chi connectivity index (χ0) is 10.0. The van der Waals surface area contributed by atoms with Gasteiger partial charge in [0.2, 0.25) is 0 Å². The molecule has 13 heavy (non-hydrogen) atoms. The SMILES string of the molecule is CCCc1nc(C(N)=O)c(C)n1N. The second kappa shape index (κ2) is 3.47. The molecule has 1 rings (SSSR count). The number of primary amides is 1. The first kappa shape index (κ1) is 9.57. The minimum atomic E-state index is -0.529. The molecule has 0 aliphatic rings. The number of carbonyl (C=O) groups excluding carboxylic acids is 1. The van der Waals surface area contributed by atoms with Crippen LogP contribution in [0.1, 0.15) is 35.4 Å². The zero-order valence-corrected chi connectivity index (χ0v) is 7.87. The molecular weight excluding hydrogens is 168 g/mol. The van der Waals surface area contributed by atoms with Crippen LogP contribution in [0.25, 0.3) is 0 Å². The third kappa shape index (κ3) is 1.63. The summed E-state index contributed by atoms with van der Waals surface area (Å²) in [4.78, 5) is 14.9. The number of imidazole rings is 1. The van der Waals surface area contributed by atoms with Crippen LogP contribution in [-0.2, 0) is 6.42 Å². The van der Waals surface area contributed by atoms with Crippen LogP contribution >= 0.6 is 0 Å². The van der Waals surface area contributed by atoms with E-state index in [0.29, 0.717) is 11.5 Å². The fourth-order valence-electron chi connectivity index (χ4n) is 1.20. The Bertz CT molecular complexity index is 329. The number of rotatable bonds is 3. The van der Waals surface area contributed by atoms with Crippen LogP contribution in [0.15, 0.2) is 0 Å². The number of nitrogen functional groups attached to an aromatic ring is 1. The molecule has 1 aromatic rings. The van der Waals surface area contributed by atoms with Crippen LogP contribution in [0.5, 0.6) is 0 Å². The first-order valence-corrected chi connectivity index (χ1v) is 4.21. The average molecular weight is 182 g/mol. The van der Waals surface area contributed by atoms with Crippen molar-refractivity contribution in [1.82, 2.24) is 9.66 Å². The van der Waals surface area contributed by atoms with Gasteiger partial charge in [-0.1, -0.05) is 6.92 Å². The van der Waals surface area contributed by atoms with Gasteiger partial charge in [0.05, 0.1) is 5.69 Å². The van der Waals surface area contributed by atoms with E-state index in [1.54, 1.807) is 6.92 Å². The van der Waals surface area contributed by atoms with E-state index in [-0.39, 0.29) is 5.69 Å². The van der Waals surface area contributed by atoms with Crippen molar-refractivity contribution in [3.8, 4) is 0 Å². The highest BCUT2D eigenvalue weighted by atomic mass is 16.1. The Morgan fingerprint density at radius 3 is 2.62 bits per heavy atom. The molecule has 72 valence electrons. The van der Waals surface area contributed by atoms with Crippen molar-refractivity contribution in [2.45, 2.75) is 26.7 Å². The maximum atomic E-state index is 10.9. The van der Waals surface area contributed by atoms with E-state index in [4.69, 9.17) is 11.6 Å². The molecule has 1 amide bonds. The van der Waals surface area contributed by atoms with Gasteiger partial charge in [0, 0.05) is 6.42 Å². The van der Waals surface area contributed by atoms with Crippen molar-refractivity contribution in [2.24, 2.45) is 5.73 Å². The van der Waals surface area contributed by atoms with Crippen molar-refractivity contribution < 1.29 is 4.79 Å². The van der Waals surface area contributed by atoms with Crippen LogP contribution < -0.4 is 11.6 Å². The highest BCUT2D eigenvalue weighted by Crippen LogP contribution is 2.08. The summed E-state index contributed by atoms with van der Waals surface area (Å²) in [5.41, 5.74) is 6.01. The van der Waals surface area contributed by atoms with E-state index in [0.717, 1.165) is 12.8 Å². The van der Waals surface area contributed by atoms with Gasteiger partial charge >= 0.3 is 0 Å². The van der Waals surface area contributed by atoms with Crippen LogP contribution in [0.2, 0.25) is 0 Å². The van der Waals surface area contributed by atoms with Crippen molar-refractivity contribution >= 4 is 5.91 Å². The van der Waals surface area contributed by atoms with Crippen molar-refractivity contribution in [3.05, 3.63) is 17.2 Å². The summed E-state index contributed by atoms with van der Waals surface area (Å²) in [5.74, 6) is 5.85. The monoisotopic (exact) mass is 182 g/mol. The number of aromatic nitrogens is 2. The summed E-state index contributed by atoms with van der Waals surface area (Å²) in [6.45, 7) is 3.75. The number of nitrogens with two attached hydrogens (primary N) is 2. The summed E-state index contributed by atoms with van der Waals surface area (Å²) in [7, 11) is 0. The third-order valence-electron chi connectivity index (χ3n) is 1.93. The van der Waals surface area contributed by atoms with Gasteiger partial charge in [0.25, 0.3) is 5.91 Å². The first-order chi connectivity index (χ1) is 6.07. The van der Waals surface area contributed by atoms with Crippen LogP contribution in [0.4, 0.5) is 0 Å². The Hall–Kier alpha value is -1.52. The van der Waals surface area contributed by atoms with E-state index in [9.17, 15) is 4.79 Å². The molecule has 0 radical (unpaired) electrons. The lowest BCUT2D eigenvalue weighted by molar-refractivity contribution is 0.0995. The fourth-order valence-corrected chi connectivity index (χ4v) is 1.20. The summed E-state index contributed by atoms with van der Waals surface area (Å²) in [5, 5.41) is 0. The highest BCUT2D eigenvalue weighted by Gasteiger charge is 2.14. The zero-order valence-electron chi connectivity index (χ0n) is 7.87. The predicted octanol–water partition coefficient (Wildman–Crippen LogP) is -0.0433. The van der Waals surface area contributed by atoms with Gasteiger partial charge in [-0.3, -0.25) is 9.47 Å². The Balaban J connectivity index is 3.12.